The lowest BCUT2D eigenvalue weighted by atomic mass is 10.1. The Labute approximate surface area is 127 Å². The number of benzene rings is 1. The minimum Gasteiger partial charge on any atom is -0.272 e. The van der Waals surface area contributed by atoms with Gasteiger partial charge >= 0.3 is 0 Å². The number of nitrogens with zero attached hydrogens (tertiary/aromatic N) is 1. The van der Waals surface area contributed by atoms with Crippen LogP contribution in [0.2, 0.25) is 0 Å². The van der Waals surface area contributed by atoms with Crippen LogP contribution in [0.15, 0.2) is 24.3 Å². The van der Waals surface area contributed by atoms with Crippen LogP contribution in [0.1, 0.15) is 79.5 Å². The second-order valence-corrected chi connectivity index (χ2v) is 5.93. The van der Waals surface area contributed by atoms with Crippen LogP contribution in [0.4, 0.5) is 0 Å². The first kappa shape index (κ1) is 15.7. The topological polar surface area (TPSA) is 37.4 Å². The molecule has 0 fully saturated rings. The van der Waals surface area contributed by atoms with E-state index in [-0.39, 0.29) is 17.9 Å². The van der Waals surface area contributed by atoms with Gasteiger partial charge in [0.05, 0.1) is 11.1 Å². The highest BCUT2D eigenvalue weighted by Gasteiger charge is 2.37. The van der Waals surface area contributed by atoms with E-state index in [1.165, 1.54) is 37.0 Å². The van der Waals surface area contributed by atoms with Crippen LogP contribution in [0.5, 0.6) is 0 Å². The molecule has 0 N–H and O–H groups in total. The van der Waals surface area contributed by atoms with Crippen molar-refractivity contribution in [2.45, 2.75) is 64.8 Å². The second-order valence-electron chi connectivity index (χ2n) is 5.93. The predicted octanol–water partition coefficient (Wildman–Crippen LogP) is 4.42. The molecule has 1 atom stereocenters. The van der Waals surface area contributed by atoms with Gasteiger partial charge in [-0.25, -0.2) is 0 Å². The zero-order valence-corrected chi connectivity index (χ0v) is 13.1. The van der Waals surface area contributed by atoms with Crippen LogP contribution < -0.4 is 0 Å². The number of hydrogen-bond acceptors (Lipinski definition) is 2. The summed E-state index contributed by atoms with van der Waals surface area (Å²) >= 11 is 0. The number of unbranched alkanes of at least 4 members (excludes halogenated alkanes) is 5. The summed E-state index contributed by atoms with van der Waals surface area (Å²) in [5, 5.41) is 0. The number of rotatable bonds is 8. The first-order valence-corrected chi connectivity index (χ1v) is 8.13. The maximum absolute atomic E-state index is 12.3. The molecule has 1 aliphatic heterocycles. The molecular formula is C18H25NO2. The van der Waals surface area contributed by atoms with Crippen molar-refractivity contribution in [1.82, 2.24) is 4.90 Å². The Morgan fingerprint density at radius 2 is 1.43 bits per heavy atom. The summed E-state index contributed by atoms with van der Waals surface area (Å²) in [6, 6.07) is 7.10. The molecule has 1 heterocycles. The van der Waals surface area contributed by atoms with Crippen molar-refractivity contribution >= 4 is 11.8 Å². The fraction of sp³-hybridized carbons (Fsp3) is 0.556. The Morgan fingerprint density at radius 1 is 0.905 bits per heavy atom. The van der Waals surface area contributed by atoms with Gasteiger partial charge in [-0.05, 0) is 25.5 Å². The fourth-order valence-corrected chi connectivity index (χ4v) is 2.96. The van der Waals surface area contributed by atoms with Crippen molar-refractivity contribution in [3.63, 3.8) is 0 Å². The summed E-state index contributed by atoms with van der Waals surface area (Å²) in [6.45, 7) is 4.19. The fourth-order valence-electron chi connectivity index (χ4n) is 2.96. The van der Waals surface area contributed by atoms with Crippen molar-refractivity contribution < 1.29 is 9.59 Å². The number of carbonyl (C=O) groups excluding carboxylic acids is 2. The molecule has 114 valence electrons. The maximum Gasteiger partial charge on any atom is 0.261 e. The highest BCUT2D eigenvalue weighted by molar-refractivity contribution is 6.21. The number of carbonyl (C=O) groups is 2. The number of fused-ring (bicyclic) bond motifs is 1. The lowest BCUT2D eigenvalue weighted by Crippen LogP contribution is -2.37. The predicted molar refractivity (Wildman–Crippen MR) is 84.4 cm³/mol. The van der Waals surface area contributed by atoms with E-state index < -0.39 is 0 Å². The Balaban J connectivity index is 1.85. The lowest BCUT2D eigenvalue weighted by molar-refractivity contribution is 0.0588. The van der Waals surface area contributed by atoms with Gasteiger partial charge in [-0.2, -0.15) is 0 Å². The monoisotopic (exact) mass is 287 g/mol. The van der Waals surface area contributed by atoms with E-state index >= 15 is 0 Å². The number of amides is 2. The first-order chi connectivity index (χ1) is 10.2. The molecule has 21 heavy (non-hydrogen) atoms. The van der Waals surface area contributed by atoms with Crippen LogP contribution >= 0.6 is 0 Å². The third-order valence-corrected chi connectivity index (χ3v) is 4.24. The van der Waals surface area contributed by atoms with E-state index in [0.717, 1.165) is 12.8 Å². The molecule has 0 aromatic heterocycles. The molecule has 0 saturated heterocycles. The summed E-state index contributed by atoms with van der Waals surface area (Å²) in [5.41, 5.74) is 1.11. The van der Waals surface area contributed by atoms with E-state index in [0.29, 0.717) is 11.1 Å². The average molecular weight is 287 g/mol. The van der Waals surface area contributed by atoms with Crippen LogP contribution in [0.25, 0.3) is 0 Å². The molecule has 0 aliphatic carbocycles. The van der Waals surface area contributed by atoms with E-state index in [1.807, 2.05) is 19.1 Å². The SMILES string of the molecule is CCCCCCCC[C@@H](C)N1C(=O)c2ccccc2C1=O. The third-order valence-electron chi connectivity index (χ3n) is 4.24. The molecule has 1 aromatic carbocycles. The Kier molecular flexibility index (Phi) is 5.54. The molecular weight excluding hydrogens is 262 g/mol. The molecule has 0 saturated carbocycles. The Morgan fingerprint density at radius 3 is 2.00 bits per heavy atom. The van der Waals surface area contributed by atoms with Crippen LogP contribution in [-0.2, 0) is 0 Å². The summed E-state index contributed by atoms with van der Waals surface area (Å²) in [5.74, 6) is -0.261. The van der Waals surface area contributed by atoms with Gasteiger partial charge in [0, 0.05) is 6.04 Å². The van der Waals surface area contributed by atoms with Crippen molar-refractivity contribution in [3.05, 3.63) is 35.4 Å². The molecule has 1 aliphatic rings. The van der Waals surface area contributed by atoms with Crippen molar-refractivity contribution in [1.29, 1.82) is 0 Å². The zero-order valence-electron chi connectivity index (χ0n) is 13.1. The van der Waals surface area contributed by atoms with E-state index in [2.05, 4.69) is 6.92 Å². The van der Waals surface area contributed by atoms with Gasteiger partial charge in [0.1, 0.15) is 0 Å². The quantitative estimate of drug-likeness (QED) is 0.524. The molecule has 3 heteroatoms. The van der Waals surface area contributed by atoms with E-state index in [1.54, 1.807) is 12.1 Å². The normalized spacial score (nSPS) is 15.4. The van der Waals surface area contributed by atoms with Gasteiger partial charge in [-0.3, -0.25) is 14.5 Å². The smallest absolute Gasteiger partial charge is 0.261 e. The van der Waals surface area contributed by atoms with Crippen LogP contribution in [-0.4, -0.2) is 22.8 Å². The summed E-state index contributed by atoms with van der Waals surface area (Å²) in [4.78, 5) is 26.1. The van der Waals surface area contributed by atoms with Crippen LogP contribution in [0.3, 0.4) is 0 Å². The Hall–Kier alpha value is -1.64. The Bertz CT molecular complexity index is 475. The largest absolute Gasteiger partial charge is 0.272 e. The molecule has 3 nitrogen and oxygen atoms in total. The standard InChI is InChI=1S/C18H25NO2/c1-3-4-5-6-7-8-11-14(2)19-17(20)15-12-9-10-13-16(15)18(19)21/h9-10,12-14H,3-8,11H2,1-2H3/t14-/m1/s1. The number of imide groups is 1. The van der Waals surface area contributed by atoms with Crippen molar-refractivity contribution in [3.8, 4) is 0 Å². The third kappa shape index (κ3) is 3.52. The molecule has 2 amide bonds. The van der Waals surface area contributed by atoms with Gasteiger partial charge < -0.3 is 0 Å². The van der Waals surface area contributed by atoms with Gasteiger partial charge in [0.15, 0.2) is 0 Å². The summed E-state index contributed by atoms with van der Waals surface area (Å²) < 4.78 is 0. The molecule has 0 spiro atoms. The van der Waals surface area contributed by atoms with Crippen molar-refractivity contribution in [2.75, 3.05) is 0 Å². The number of hydrogen-bond donors (Lipinski definition) is 0. The van der Waals surface area contributed by atoms with Crippen molar-refractivity contribution in [2.24, 2.45) is 0 Å². The minimum absolute atomic E-state index is 0.0106. The van der Waals surface area contributed by atoms with Crippen LogP contribution in [0, 0.1) is 0 Å². The zero-order chi connectivity index (χ0) is 15.2. The van der Waals surface area contributed by atoms with Gasteiger partial charge in [0.2, 0.25) is 0 Å². The summed E-state index contributed by atoms with van der Waals surface area (Å²) in [7, 11) is 0. The average Bonchev–Trinajstić information content (AvgIpc) is 2.75. The highest BCUT2D eigenvalue weighted by Crippen LogP contribution is 2.26. The molecule has 0 unspecified atom stereocenters. The van der Waals surface area contributed by atoms with Gasteiger partial charge in [-0.1, -0.05) is 57.6 Å². The first-order valence-electron chi connectivity index (χ1n) is 8.13. The van der Waals surface area contributed by atoms with Gasteiger partial charge in [-0.15, -0.1) is 0 Å². The maximum atomic E-state index is 12.3. The van der Waals surface area contributed by atoms with E-state index in [9.17, 15) is 9.59 Å². The molecule has 0 bridgehead atoms. The molecule has 1 aromatic rings. The highest BCUT2D eigenvalue weighted by atomic mass is 16.2. The minimum atomic E-state index is -0.130. The van der Waals surface area contributed by atoms with Gasteiger partial charge in [0.25, 0.3) is 11.8 Å². The summed E-state index contributed by atoms with van der Waals surface area (Å²) in [6.07, 6.45) is 8.27. The second kappa shape index (κ2) is 7.39. The van der Waals surface area contributed by atoms with E-state index in [4.69, 9.17) is 0 Å². The lowest BCUT2D eigenvalue weighted by Gasteiger charge is -2.22. The molecule has 2 rings (SSSR count). The molecule has 0 radical (unpaired) electrons.